The van der Waals surface area contributed by atoms with Crippen molar-refractivity contribution in [3.8, 4) is 0 Å². The molecular weight excluding hydrogens is 164 g/mol. The molecule has 2 heterocycles. The van der Waals surface area contributed by atoms with Crippen LogP contribution in [0.25, 0.3) is 0 Å². The molecule has 0 spiro atoms. The normalized spacial score (nSPS) is 30.1. The summed E-state index contributed by atoms with van der Waals surface area (Å²) in [5.74, 6) is 1.37. The Morgan fingerprint density at radius 2 is 2.27 bits per heavy atom. The van der Waals surface area contributed by atoms with Crippen LogP contribution < -0.4 is 0 Å². The van der Waals surface area contributed by atoms with Gasteiger partial charge >= 0.3 is 6.03 Å². The zero-order chi connectivity index (χ0) is 8.01. The molecule has 2 saturated heterocycles. The molecule has 0 bridgehead atoms. The Hall–Kier alpha value is -0.710. The molecule has 2 rings (SSSR count). The average Bonchev–Trinajstić information content (AvgIpc) is 2.53. The van der Waals surface area contributed by atoms with Crippen LogP contribution in [-0.4, -0.2) is 46.5 Å². The van der Waals surface area contributed by atoms with Crippen LogP contribution in [0.4, 0.5) is 4.79 Å². The molecule has 0 radical (unpaired) electrons. The van der Waals surface area contributed by atoms with Crippen molar-refractivity contribution in [1.82, 2.24) is 9.80 Å². The van der Waals surface area contributed by atoms with Crippen molar-refractivity contribution in [3.63, 3.8) is 0 Å². The number of carbonyl (C=O) groups excluding carboxylic acids is 2. The van der Waals surface area contributed by atoms with Crippen LogP contribution >= 0.6 is 11.8 Å². The highest BCUT2D eigenvalue weighted by molar-refractivity contribution is 7.99. The lowest BCUT2D eigenvalue weighted by Crippen LogP contribution is -2.29. The fourth-order valence-electron chi connectivity index (χ4n) is 1.35. The zero-order valence-electron chi connectivity index (χ0n) is 6.11. The molecule has 1 atom stereocenters. The first-order valence-electron chi connectivity index (χ1n) is 3.37. The van der Waals surface area contributed by atoms with Crippen molar-refractivity contribution in [1.29, 1.82) is 0 Å². The number of thioether (sulfide) groups is 1. The molecule has 4 nitrogen and oxygen atoms in total. The van der Waals surface area contributed by atoms with E-state index in [1.165, 1.54) is 11.9 Å². The van der Waals surface area contributed by atoms with Gasteiger partial charge < -0.3 is 4.90 Å². The van der Waals surface area contributed by atoms with Crippen LogP contribution in [0.5, 0.6) is 0 Å². The number of urea groups is 1. The highest BCUT2D eigenvalue weighted by Crippen LogP contribution is 2.27. The minimum atomic E-state index is -0.169. The minimum Gasteiger partial charge on any atom is -0.302 e. The lowest BCUT2D eigenvalue weighted by atomic mass is 10.3. The summed E-state index contributed by atoms with van der Waals surface area (Å²) in [6.07, 6.45) is 0. The fourth-order valence-corrected chi connectivity index (χ4v) is 2.48. The SMILES string of the molecule is CN1C(=O)[C@H]2CSCN2C1=O. The third kappa shape index (κ3) is 0.772. The summed E-state index contributed by atoms with van der Waals surface area (Å²) in [7, 11) is 1.54. The van der Waals surface area contributed by atoms with Crippen LogP contribution in [0.2, 0.25) is 0 Å². The van der Waals surface area contributed by atoms with Crippen molar-refractivity contribution in [2.24, 2.45) is 0 Å². The van der Waals surface area contributed by atoms with Crippen LogP contribution in [0.15, 0.2) is 0 Å². The Morgan fingerprint density at radius 1 is 1.55 bits per heavy atom. The molecule has 0 aromatic carbocycles. The summed E-state index contributed by atoms with van der Waals surface area (Å²) in [6.45, 7) is 0. The van der Waals surface area contributed by atoms with E-state index in [-0.39, 0.29) is 18.0 Å². The van der Waals surface area contributed by atoms with Gasteiger partial charge in [0, 0.05) is 12.8 Å². The van der Waals surface area contributed by atoms with E-state index in [4.69, 9.17) is 0 Å². The van der Waals surface area contributed by atoms with Gasteiger partial charge in [-0.25, -0.2) is 4.79 Å². The number of likely N-dealkylation sites (N-methyl/N-ethyl adjacent to an activating group) is 1. The van der Waals surface area contributed by atoms with Crippen LogP contribution in [0.3, 0.4) is 0 Å². The highest BCUT2D eigenvalue weighted by atomic mass is 32.2. The highest BCUT2D eigenvalue weighted by Gasteiger charge is 2.45. The lowest BCUT2D eigenvalue weighted by Gasteiger charge is -2.09. The molecule has 11 heavy (non-hydrogen) atoms. The van der Waals surface area contributed by atoms with Gasteiger partial charge in [0.05, 0.1) is 5.88 Å². The number of hydrogen-bond donors (Lipinski definition) is 0. The summed E-state index contributed by atoms with van der Waals surface area (Å²) in [5, 5.41) is 0. The fraction of sp³-hybridized carbons (Fsp3) is 0.667. The maximum atomic E-state index is 11.2. The van der Waals surface area contributed by atoms with E-state index < -0.39 is 0 Å². The second-order valence-electron chi connectivity index (χ2n) is 2.67. The van der Waals surface area contributed by atoms with Crippen molar-refractivity contribution < 1.29 is 9.59 Å². The van der Waals surface area contributed by atoms with E-state index in [9.17, 15) is 9.59 Å². The molecule has 2 aliphatic heterocycles. The molecule has 0 saturated carbocycles. The van der Waals surface area contributed by atoms with Crippen molar-refractivity contribution in [2.75, 3.05) is 18.7 Å². The second kappa shape index (κ2) is 2.14. The molecule has 0 unspecified atom stereocenters. The standard InChI is InChI=1S/C6H8N2O2S/c1-7-5(9)4-2-11-3-8(4)6(7)10/h4H,2-3H2,1H3/t4-/m1/s1. The maximum Gasteiger partial charge on any atom is 0.327 e. The number of fused-ring (bicyclic) bond motifs is 1. The van der Waals surface area contributed by atoms with Gasteiger partial charge in [0.2, 0.25) is 0 Å². The number of amides is 3. The Labute approximate surface area is 68.5 Å². The monoisotopic (exact) mass is 172 g/mol. The first-order valence-corrected chi connectivity index (χ1v) is 4.53. The molecule has 0 aromatic rings. The van der Waals surface area contributed by atoms with E-state index in [0.29, 0.717) is 5.88 Å². The first kappa shape index (κ1) is 6.97. The molecule has 2 fully saturated rings. The Kier molecular flexibility index (Phi) is 1.35. The molecule has 2 aliphatic rings. The molecule has 60 valence electrons. The van der Waals surface area contributed by atoms with Gasteiger partial charge in [0.25, 0.3) is 5.91 Å². The molecule has 0 aromatic heterocycles. The second-order valence-corrected chi connectivity index (χ2v) is 3.67. The lowest BCUT2D eigenvalue weighted by molar-refractivity contribution is -0.126. The maximum absolute atomic E-state index is 11.2. The number of carbonyl (C=O) groups is 2. The summed E-state index contributed by atoms with van der Waals surface area (Å²) in [4.78, 5) is 25.3. The van der Waals surface area contributed by atoms with E-state index in [0.717, 1.165) is 5.75 Å². The predicted octanol–water partition coefficient (Wildman–Crippen LogP) is -0.0467. The van der Waals surface area contributed by atoms with Crippen LogP contribution in [0, 0.1) is 0 Å². The van der Waals surface area contributed by atoms with Crippen LogP contribution in [-0.2, 0) is 4.79 Å². The Bertz CT molecular complexity index is 209. The Morgan fingerprint density at radius 3 is 2.91 bits per heavy atom. The van der Waals surface area contributed by atoms with Gasteiger partial charge in [0.15, 0.2) is 0 Å². The van der Waals surface area contributed by atoms with Crippen molar-refractivity contribution in [3.05, 3.63) is 0 Å². The van der Waals surface area contributed by atoms with E-state index in [1.54, 1.807) is 16.7 Å². The van der Waals surface area contributed by atoms with Gasteiger partial charge in [0.1, 0.15) is 6.04 Å². The molecule has 5 heteroatoms. The topological polar surface area (TPSA) is 40.6 Å². The van der Waals surface area contributed by atoms with Gasteiger partial charge in [-0.3, -0.25) is 9.69 Å². The van der Waals surface area contributed by atoms with Gasteiger partial charge in [-0.05, 0) is 0 Å². The van der Waals surface area contributed by atoms with Gasteiger partial charge in [-0.1, -0.05) is 0 Å². The number of rotatable bonds is 0. The molecule has 0 N–H and O–H groups in total. The predicted molar refractivity (Wildman–Crippen MR) is 41.1 cm³/mol. The third-order valence-corrected chi connectivity index (χ3v) is 3.04. The Balaban J connectivity index is 2.30. The zero-order valence-corrected chi connectivity index (χ0v) is 6.93. The van der Waals surface area contributed by atoms with Gasteiger partial charge in [-0.2, -0.15) is 0 Å². The summed E-state index contributed by atoms with van der Waals surface area (Å²) >= 11 is 1.63. The quantitative estimate of drug-likeness (QED) is 0.481. The first-order chi connectivity index (χ1) is 5.22. The largest absolute Gasteiger partial charge is 0.327 e. The third-order valence-electron chi connectivity index (χ3n) is 2.03. The number of hydrogen-bond acceptors (Lipinski definition) is 3. The summed E-state index contributed by atoms with van der Waals surface area (Å²) in [6, 6.07) is -0.317. The minimum absolute atomic E-state index is 0.0556. The van der Waals surface area contributed by atoms with Crippen molar-refractivity contribution in [2.45, 2.75) is 6.04 Å². The average molecular weight is 172 g/mol. The summed E-state index contributed by atoms with van der Waals surface area (Å²) < 4.78 is 0. The molecule has 3 amide bonds. The smallest absolute Gasteiger partial charge is 0.302 e. The van der Waals surface area contributed by atoms with Crippen molar-refractivity contribution >= 4 is 23.7 Å². The number of imide groups is 1. The van der Waals surface area contributed by atoms with Crippen LogP contribution in [0.1, 0.15) is 0 Å². The van der Waals surface area contributed by atoms with Gasteiger partial charge in [-0.15, -0.1) is 11.8 Å². The van der Waals surface area contributed by atoms with E-state index in [2.05, 4.69) is 0 Å². The molecule has 0 aliphatic carbocycles. The van der Waals surface area contributed by atoms with E-state index >= 15 is 0 Å². The van der Waals surface area contributed by atoms with E-state index in [1.807, 2.05) is 0 Å². The summed E-state index contributed by atoms with van der Waals surface area (Å²) in [5.41, 5.74) is 0. The molecular formula is C6H8N2O2S. The number of nitrogens with zero attached hydrogens (tertiary/aromatic N) is 2.